The summed E-state index contributed by atoms with van der Waals surface area (Å²) in [6.45, 7) is 3.14. The highest BCUT2D eigenvalue weighted by molar-refractivity contribution is 5.92. The number of hydrogen-bond donors (Lipinski definition) is 0. The van der Waals surface area contributed by atoms with Gasteiger partial charge < -0.3 is 14.1 Å². The molecule has 0 saturated carbocycles. The van der Waals surface area contributed by atoms with E-state index in [-0.39, 0.29) is 11.8 Å². The number of oxazole rings is 1. The molecule has 0 bridgehead atoms. The summed E-state index contributed by atoms with van der Waals surface area (Å²) in [6, 6.07) is 7.91. The lowest BCUT2D eigenvalue weighted by atomic mass is 9.98. The molecule has 0 aliphatic carbocycles. The summed E-state index contributed by atoms with van der Waals surface area (Å²) in [4.78, 5) is 27.4. The first-order valence-electron chi connectivity index (χ1n) is 9.78. The first-order valence-corrected chi connectivity index (χ1v) is 9.78. The Hall–Kier alpha value is -3.22. The number of piperidine rings is 1. The fraction of sp³-hybridized carbons (Fsp3) is 0.364. The maximum Gasteiger partial charge on any atom is 0.274 e. The molecule has 3 aromatic rings. The van der Waals surface area contributed by atoms with E-state index in [9.17, 15) is 4.79 Å². The lowest BCUT2D eigenvalue weighted by Gasteiger charge is -2.31. The van der Waals surface area contributed by atoms with Gasteiger partial charge in [-0.05, 0) is 37.5 Å². The SMILES string of the molecule is COc1ccc(Cc2cnc([C@H]3CCCN(C(=O)c4cnc(C)cn4)C3)o2)cc1. The largest absolute Gasteiger partial charge is 0.497 e. The zero-order valence-corrected chi connectivity index (χ0v) is 16.7. The van der Waals surface area contributed by atoms with Crippen LogP contribution < -0.4 is 4.74 Å². The van der Waals surface area contributed by atoms with E-state index in [0.717, 1.165) is 35.6 Å². The Bertz CT molecular complexity index is 966. The molecule has 3 heterocycles. The molecule has 1 fully saturated rings. The van der Waals surface area contributed by atoms with E-state index in [1.54, 1.807) is 25.7 Å². The predicted octanol–water partition coefficient (Wildman–Crippen LogP) is 3.39. The van der Waals surface area contributed by atoms with Crippen LogP contribution in [0.1, 0.15) is 52.2 Å². The summed E-state index contributed by atoms with van der Waals surface area (Å²) in [5.74, 6) is 2.35. The molecule has 1 saturated heterocycles. The van der Waals surface area contributed by atoms with Gasteiger partial charge in [0.25, 0.3) is 5.91 Å². The maximum atomic E-state index is 12.7. The third-order valence-electron chi connectivity index (χ3n) is 5.17. The molecule has 29 heavy (non-hydrogen) atoms. The number of rotatable bonds is 5. The molecular weight excluding hydrogens is 368 g/mol. The van der Waals surface area contributed by atoms with Gasteiger partial charge in [0, 0.05) is 25.7 Å². The van der Waals surface area contributed by atoms with Gasteiger partial charge in [-0.1, -0.05) is 12.1 Å². The smallest absolute Gasteiger partial charge is 0.274 e. The molecule has 1 aliphatic rings. The van der Waals surface area contributed by atoms with Crippen molar-refractivity contribution in [1.82, 2.24) is 19.9 Å². The monoisotopic (exact) mass is 392 g/mol. The Balaban J connectivity index is 1.42. The van der Waals surface area contributed by atoms with Crippen LogP contribution in [-0.2, 0) is 6.42 Å². The third-order valence-corrected chi connectivity index (χ3v) is 5.17. The van der Waals surface area contributed by atoms with Gasteiger partial charge in [0.15, 0.2) is 5.89 Å². The minimum atomic E-state index is -0.0905. The lowest BCUT2D eigenvalue weighted by Crippen LogP contribution is -2.39. The van der Waals surface area contributed by atoms with Crippen LogP contribution in [0, 0.1) is 6.92 Å². The second kappa shape index (κ2) is 8.43. The van der Waals surface area contributed by atoms with Gasteiger partial charge in [0.1, 0.15) is 17.2 Å². The van der Waals surface area contributed by atoms with Crippen LogP contribution in [0.3, 0.4) is 0 Å². The van der Waals surface area contributed by atoms with Crippen molar-refractivity contribution >= 4 is 5.91 Å². The van der Waals surface area contributed by atoms with E-state index >= 15 is 0 Å². The van der Waals surface area contributed by atoms with Crippen molar-refractivity contribution in [3.05, 3.63) is 71.5 Å². The van der Waals surface area contributed by atoms with Gasteiger partial charge in [-0.25, -0.2) is 9.97 Å². The van der Waals surface area contributed by atoms with E-state index in [0.29, 0.717) is 31.1 Å². The number of benzene rings is 1. The zero-order chi connectivity index (χ0) is 20.2. The summed E-state index contributed by atoms with van der Waals surface area (Å²) < 4.78 is 11.2. The third kappa shape index (κ3) is 4.45. The molecule has 150 valence electrons. The van der Waals surface area contributed by atoms with Gasteiger partial charge in [0.05, 0.1) is 31.1 Å². The van der Waals surface area contributed by atoms with Gasteiger partial charge in [-0.3, -0.25) is 9.78 Å². The number of amides is 1. The number of hydrogen-bond acceptors (Lipinski definition) is 6. The highest BCUT2D eigenvalue weighted by Gasteiger charge is 2.29. The molecule has 1 aliphatic heterocycles. The molecule has 7 heteroatoms. The van der Waals surface area contributed by atoms with Crippen molar-refractivity contribution < 1.29 is 13.9 Å². The van der Waals surface area contributed by atoms with Crippen molar-refractivity contribution in [1.29, 1.82) is 0 Å². The minimum absolute atomic E-state index is 0.0905. The topological polar surface area (TPSA) is 81.4 Å². The molecule has 1 amide bonds. The van der Waals surface area contributed by atoms with E-state index in [2.05, 4.69) is 15.0 Å². The van der Waals surface area contributed by atoms with E-state index in [4.69, 9.17) is 9.15 Å². The number of carbonyl (C=O) groups excluding carboxylic acids is 1. The van der Waals surface area contributed by atoms with Crippen LogP contribution >= 0.6 is 0 Å². The molecule has 0 radical (unpaired) electrons. The van der Waals surface area contributed by atoms with E-state index in [1.807, 2.05) is 36.1 Å². The van der Waals surface area contributed by atoms with Crippen molar-refractivity contribution in [2.75, 3.05) is 20.2 Å². The second-order valence-electron chi connectivity index (χ2n) is 7.32. The van der Waals surface area contributed by atoms with Crippen LogP contribution in [0.2, 0.25) is 0 Å². The standard InChI is InChI=1S/C22H24N4O3/c1-15-11-24-20(13-23-15)22(27)26-9-3-4-17(14-26)21-25-12-19(29-21)10-16-5-7-18(28-2)8-6-16/h5-8,11-13,17H,3-4,9-10,14H2,1-2H3/t17-/m0/s1. The molecule has 1 atom stereocenters. The highest BCUT2D eigenvalue weighted by Crippen LogP contribution is 2.28. The molecule has 0 N–H and O–H groups in total. The number of carbonyl (C=O) groups is 1. The molecule has 2 aromatic heterocycles. The number of aryl methyl sites for hydroxylation is 1. The summed E-state index contributed by atoms with van der Waals surface area (Å²) >= 11 is 0. The van der Waals surface area contributed by atoms with Gasteiger partial charge in [0.2, 0.25) is 0 Å². The van der Waals surface area contributed by atoms with Crippen LogP contribution in [0.25, 0.3) is 0 Å². The Morgan fingerprint density at radius 3 is 2.72 bits per heavy atom. The first kappa shape index (κ1) is 19.1. The molecule has 0 spiro atoms. The van der Waals surface area contributed by atoms with Crippen LogP contribution in [0.4, 0.5) is 0 Å². The fourth-order valence-corrected chi connectivity index (χ4v) is 3.57. The Kier molecular flexibility index (Phi) is 5.55. The van der Waals surface area contributed by atoms with Crippen LogP contribution in [0.5, 0.6) is 5.75 Å². The van der Waals surface area contributed by atoms with Crippen molar-refractivity contribution in [2.45, 2.75) is 32.1 Å². The second-order valence-corrected chi connectivity index (χ2v) is 7.32. The fourth-order valence-electron chi connectivity index (χ4n) is 3.57. The van der Waals surface area contributed by atoms with Crippen LogP contribution in [0.15, 0.2) is 47.3 Å². The molecular formula is C22H24N4O3. The summed E-state index contributed by atoms with van der Waals surface area (Å²) in [6.07, 6.45) is 7.47. The normalized spacial score (nSPS) is 16.6. The number of nitrogens with zero attached hydrogens (tertiary/aromatic N) is 4. The van der Waals surface area contributed by atoms with Gasteiger partial charge >= 0.3 is 0 Å². The number of aromatic nitrogens is 3. The van der Waals surface area contributed by atoms with E-state index in [1.165, 1.54) is 0 Å². The summed E-state index contributed by atoms with van der Waals surface area (Å²) in [5.41, 5.74) is 2.30. The highest BCUT2D eigenvalue weighted by atomic mass is 16.5. The van der Waals surface area contributed by atoms with Gasteiger partial charge in [-0.15, -0.1) is 0 Å². The maximum absolute atomic E-state index is 12.7. The minimum Gasteiger partial charge on any atom is -0.497 e. The lowest BCUT2D eigenvalue weighted by molar-refractivity contribution is 0.0691. The number of ether oxygens (including phenoxy) is 1. The zero-order valence-electron chi connectivity index (χ0n) is 16.7. The average molecular weight is 392 g/mol. The predicted molar refractivity (Wildman–Crippen MR) is 107 cm³/mol. The Morgan fingerprint density at radius 1 is 1.17 bits per heavy atom. The Labute approximate surface area is 169 Å². The number of methoxy groups -OCH3 is 1. The Morgan fingerprint density at radius 2 is 2.00 bits per heavy atom. The van der Waals surface area contributed by atoms with Crippen molar-refractivity contribution in [3.8, 4) is 5.75 Å². The van der Waals surface area contributed by atoms with Crippen molar-refractivity contribution in [3.63, 3.8) is 0 Å². The summed E-state index contributed by atoms with van der Waals surface area (Å²) in [5, 5.41) is 0. The van der Waals surface area contributed by atoms with E-state index < -0.39 is 0 Å². The summed E-state index contributed by atoms with van der Waals surface area (Å²) in [7, 11) is 1.65. The van der Waals surface area contributed by atoms with Crippen LogP contribution in [-0.4, -0.2) is 46.0 Å². The first-order chi connectivity index (χ1) is 14.1. The van der Waals surface area contributed by atoms with Gasteiger partial charge in [-0.2, -0.15) is 0 Å². The average Bonchev–Trinajstić information content (AvgIpc) is 3.23. The molecule has 0 unspecified atom stereocenters. The molecule has 1 aromatic carbocycles. The number of likely N-dealkylation sites (tertiary alicyclic amines) is 1. The quantitative estimate of drug-likeness (QED) is 0.662. The molecule has 7 nitrogen and oxygen atoms in total. The molecule has 4 rings (SSSR count). The van der Waals surface area contributed by atoms with Crippen molar-refractivity contribution in [2.24, 2.45) is 0 Å².